The zero-order chi connectivity index (χ0) is 18.8. The minimum Gasteiger partial charge on any atom is -0.434 e. The minimum absolute atomic E-state index is 0.345. The predicted molar refractivity (Wildman–Crippen MR) is 103 cm³/mol. The van der Waals surface area contributed by atoms with Gasteiger partial charge in [-0.1, -0.05) is 104 Å². The maximum absolute atomic E-state index is 11.4. The number of ether oxygens (including phenoxy) is 1. The van der Waals surface area contributed by atoms with E-state index in [4.69, 9.17) is 4.74 Å². The fourth-order valence-corrected chi connectivity index (χ4v) is 2.95. The summed E-state index contributed by atoms with van der Waals surface area (Å²) in [5.41, 5.74) is 0. The second-order valence-electron chi connectivity index (χ2n) is 7.20. The molecular formula is C21H42O4. The molecule has 0 radical (unpaired) electrons. The third-order valence-electron chi connectivity index (χ3n) is 4.70. The molecule has 25 heavy (non-hydrogen) atoms. The van der Waals surface area contributed by atoms with E-state index in [0.29, 0.717) is 12.8 Å². The monoisotopic (exact) mass is 358 g/mol. The Morgan fingerprint density at radius 3 is 1.52 bits per heavy atom. The number of carbonyl (C=O) groups excluding carboxylic acids is 1. The lowest BCUT2D eigenvalue weighted by molar-refractivity contribution is -0.178. The van der Waals surface area contributed by atoms with Gasteiger partial charge in [-0.15, -0.1) is 0 Å². The van der Waals surface area contributed by atoms with Crippen molar-refractivity contribution < 1.29 is 19.7 Å². The number of aliphatic hydroxyl groups excluding tert-OH is 2. The van der Waals surface area contributed by atoms with Crippen LogP contribution in [0.3, 0.4) is 0 Å². The average Bonchev–Trinajstić information content (AvgIpc) is 2.61. The van der Waals surface area contributed by atoms with Gasteiger partial charge in [0.2, 0.25) is 0 Å². The topological polar surface area (TPSA) is 66.8 Å². The Balaban J connectivity index is 3.27. The van der Waals surface area contributed by atoms with E-state index >= 15 is 0 Å². The Kier molecular flexibility index (Phi) is 17.7. The Labute approximate surface area is 155 Å². The molecule has 0 aliphatic heterocycles. The van der Waals surface area contributed by atoms with Gasteiger partial charge in [-0.25, -0.2) is 4.79 Å². The fourth-order valence-electron chi connectivity index (χ4n) is 2.95. The van der Waals surface area contributed by atoms with Crippen LogP contribution in [0.25, 0.3) is 0 Å². The molecule has 0 saturated heterocycles. The molecule has 0 aromatic carbocycles. The van der Waals surface area contributed by atoms with Gasteiger partial charge in [0, 0.05) is 6.42 Å². The lowest BCUT2D eigenvalue weighted by atomic mass is 10.0. The smallest absolute Gasteiger partial charge is 0.337 e. The van der Waals surface area contributed by atoms with E-state index in [-0.39, 0.29) is 0 Å². The molecule has 0 rings (SSSR count). The summed E-state index contributed by atoms with van der Waals surface area (Å²) in [4.78, 5) is 11.4. The van der Waals surface area contributed by atoms with E-state index in [9.17, 15) is 15.0 Å². The fraction of sp³-hybridized carbons (Fsp3) is 0.952. The van der Waals surface area contributed by atoms with Crippen molar-refractivity contribution in [3.05, 3.63) is 0 Å². The maximum Gasteiger partial charge on any atom is 0.337 e. The molecule has 0 amide bonds. The van der Waals surface area contributed by atoms with E-state index in [1.165, 1.54) is 70.6 Å². The summed E-state index contributed by atoms with van der Waals surface area (Å²) >= 11 is 0. The number of aliphatic hydroxyl groups is 2. The second-order valence-corrected chi connectivity index (χ2v) is 7.20. The highest BCUT2D eigenvalue weighted by atomic mass is 16.6. The van der Waals surface area contributed by atoms with Gasteiger partial charge < -0.3 is 14.9 Å². The summed E-state index contributed by atoms with van der Waals surface area (Å²) in [6.07, 6.45) is 16.5. The average molecular weight is 359 g/mol. The Bertz CT molecular complexity index is 294. The third-order valence-corrected chi connectivity index (χ3v) is 4.70. The van der Waals surface area contributed by atoms with Crippen molar-refractivity contribution in [2.24, 2.45) is 0 Å². The molecule has 0 spiro atoms. The second kappa shape index (κ2) is 18.2. The minimum atomic E-state index is -1.10. The van der Waals surface area contributed by atoms with Gasteiger partial charge in [0.15, 0.2) is 12.4 Å². The number of rotatable bonds is 18. The zero-order valence-electron chi connectivity index (χ0n) is 16.7. The SMILES string of the molecule is CCCCCCCCCCCCCCCCC(O)C(=O)OC(O)CC. The van der Waals surface area contributed by atoms with Crippen LogP contribution in [0, 0.1) is 0 Å². The summed E-state index contributed by atoms with van der Waals surface area (Å²) in [7, 11) is 0. The van der Waals surface area contributed by atoms with Gasteiger partial charge in [-0.2, -0.15) is 0 Å². The van der Waals surface area contributed by atoms with Crippen molar-refractivity contribution in [3.8, 4) is 0 Å². The number of unbranched alkanes of at least 4 members (excludes halogenated alkanes) is 13. The van der Waals surface area contributed by atoms with Crippen molar-refractivity contribution in [3.63, 3.8) is 0 Å². The van der Waals surface area contributed by atoms with Gasteiger partial charge in [0.05, 0.1) is 0 Å². The van der Waals surface area contributed by atoms with Gasteiger partial charge in [0.1, 0.15) is 0 Å². The number of esters is 1. The van der Waals surface area contributed by atoms with Crippen molar-refractivity contribution in [2.45, 2.75) is 129 Å². The van der Waals surface area contributed by atoms with Crippen LogP contribution in [0.2, 0.25) is 0 Å². The van der Waals surface area contributed by atoms with Crippen LogP contribution in [0.1, 0.15) is 117 Å². The molecule has 0 fully saturated rings. The van der Waals surface area contributed by atoms with Crippen LogP contribution in [0.4, 0.5) is 0 Å². The van der Waals surface area contributed by atoms with E-state index < -0.39 is 18.4 Å². The molecule has 150 valence electrons. The van der Waals surface area contributed by atoms with Crippen LogP contribution in [0.5, 0.6) is 0 Å². The zero-order valence-corrected chi connectivity index (χ0v) is 16.7. The summed E-state index contributed by atoms with van der Waals surface area (Å²) in [6.45, 7) is 3.98. The predicted octanol–water partition coefficient (Wildman–Crippen LogP) is 5.49. The summed E-state index contributed by atoms with van der Waals surface area (Å²) < 4.78 is 4.70. The number of hydrogen-bond acceptors (Lipinski definition) is 4. The largest absolute Gasteiger partial charge is 0.434 e. The molecule has 0 aliphatic carbocycles. The summed E-state index contributed by atoms with van der Waals surface area (Å²) in [6, 6.07) is 0. The molecule has 0 bridgehead atoms. The van der Waals surface area contributed by atoms with Crippen LogP contribution in [-0.4, -0.2) is 28.6 Å². The van der Waals surface area contributed by atoms with Crippen LogP contribution < -0.4 is 0 Å². The maximum atomic E-state index is 11.4. The lowest BCUT2D eigenvalue weighted by Gasteiger charge is -2.13. The van der Waals surface area contributed by atoms with E-state index in [0.717, 1.165) is 19.3 Å². The highest BCUT2D eigenvalue weighted by Gasteiger charge is 2.18. The van der Waals surface area contributed by atoms with Crippen molar-refractivity contribution in [1.82, 2.24) is 0 Å². The van der Waals surface area contributed by atoms with E-state index in [2.05, 4.69) is 6.92 Å². The summed E-state index contributed by atoms with van der Waals surface area (Å²) in [5, 5.41) is 18.9. The van der Waals surface area contributed by atoms with Gasteiger partial charge >= 0.3 is 5.97 Å². The Morgan fingerprint density at radius 1 is 0.720 bits per heavy atom. The normalized spacial score (nSPS) is 13.6. The number of hydrogen-bond donors (Lipinski definition) is 2. The molecule has 4 nitrogen and oxygen atoms in total. The van der Waals surface area contributed by atoms with Crippen molar-refractivity contribution >= 4 is 5.97 Å². The third kappa shape index (κ3) is 16.6. The molecule has 4 heteroatoms. The van der Waals surface area contributed by atoms with Gasteiger partial charge in [-0.3, -0.25) is 0 Å². The number of carbonyl (C=O) groups is 1. The molecule has 2 unspecified atom stereocenters. The van der Waals surface area contributed by atoms with E-state index in [1.54, 1.807) is 6.92 Å². The highest BCUT2D eigenvalue weighted by Crippen LogP contribution is 2.14. The van der Waals surface area contributed by atoms with Crippen molar-refractivity contribution in [1.29, 1.82) is 0 Å². The molecule has 0 aromatic rings. The first-order valence-corrected chi connectivity index (χ1v) is 10.7. The molecular weight excluding hydrogens is 316 g/mol. The molecule has 0 aromatic heterocycles. The van der Waals surface area contributed by atoms with Gasteiger partial charge in [0.25, 0.3) is 0 Å². The van der Waals surface area contributed by atoms with Crippen molar-refractivity contribution in [2.75, 3.05) is 0 Å². The molecule has 2 N–H and O–H groups in total. The Morgan fingerprint density at radius 2 is 1.12 bits per heavy atom. The van der Waals surface area contributed by atoms with Crippen LogP contribution in [-0.2, 0) is 9.53 Å². The molecule has 2 atom stereocenters. The molecule has 0 heterocycles. The first-order valence-electron chi connectivity index (χ1n) is 10.7. The van der Waals surface area contributed by atoms with Gasteiger partial charge in [-0.05, 0) is 6.42 Å². The lowest BCUT2D eigenvalue weighted by Crippen LogP contribution is -2.27. The first kappa shape index (κ1) is 24.4. The van der Waals surface area contributed by atoms with E-state index in [1.807, 2.05) is 0 Å². The Hall–Kier alpha value is -0.610. The summed E-state index contributed by atoms with van der Waals surface area (Å²) in [5.74, 6) is -0.705. The highest BCUT2D eigenvalue weighted by molar-refractivity contribution is 5.74. The first-order chi connectivity index (χ1) is 12.1. The standard InChI is InChI=1S/C21H42O4/c1-3-5-6-7-8-9-10-11-12-13-14-15-16-17-18-19(22)21(24)25-20(23)4-2/h19-20,22-23H,3-18H2,1-2H3. The van der Waals surface area contributed by atoms with Crippen LogP contribution in [0.15, 0.2) is 0 Å². The molecule has 0 saturated carbocycles. The quantitative estimate of drug-likeness (QED) is 0.193. The molecule has 0 aliphatic rings. The van der Waals surface area contributed by atoms with Crippen LogP contribution >= 0.6 is 0 Å².